The molecule has 0 radical (unpaired) electrons. The summed E-state index contributed by atoms with van der Waals surface area (Å²) in [6.45, 7) is 4.56. The summed E-state index contributed by atoms with van der Waals surface area (Å²) in [4.78, 5) is 0. The van der Waals surface area contributed by atoms with E-state index in [0.29, 0.717) is 5.92 Å². The first-order chi connectivity index (χ1) is 8.14. The van der Waals surface area contributed by atoms with E-state index in [2.05, 4.69) is 31.3 Å². The van der Waals surface area contributed by atoms with Crippen LogP contribution >= 0.6 is 11.8 Å². The third-order valence-electron chi connectivity index (χ3n) is 2.87. The molecule has 0 heterocycles. The summed E-state index contributed by atoms with van der Waals surface area (Å²) in [5.41, 5.74) is 0.835. The van der Waals surface area contributed by atoms with Crippen molar-refractivity contribution >= 4 is 11.8 Å². The summed E-state index contributed by atoms with van der Waals surface area (Å²) in [6, 6.07) is 10.2. The molecule has 0 aromatic heterocycles. The minimum atomic E-state index is -0.319. The van der Waals surface area contributed by atoms with Gasteiger partial charge in [-0.05, 0) is 24.3 Å². The number of aliphatic hydroxyl groups is 1. The van der Waals surface area contributed by atoms with Gasteiger partial charge in [-0.25, -0.2) is 0 Å². The van der Waals surface area contributed by atoms with Gasteiger partial charge in [0.25, 0.3) is 0 Å². The molecule has 0 fully saturated rings. The van der Waals surface area contributed by atoms with Crippen molar-refractivity contribution in [3.63, 3.8) is 0 Å². The van der Waals surface area contributed by atoms with Crippen LogP contribution in [0.2, 0.25) is 0 Å². The SMILES string of the molecule is CNC(CO)(CSCC(C)C)c1ccccc1. The summed E-state index contributed by atoms with van der Waals surface area (Å²) >= 11 is 1.89. The number of hydrogen-bond donors (Lipinski definition) is 2. The molecular formula is C14H23NOS. The highest BCUT2D eigenvalue weighted by Crippen LogP contribution is 2.26. The lowest BCUT2D eigenvalue weighted by molar-refractivity contribution is 0.187. The number of thioether (sulfide) groups is 1. The van der Waals surface area contributed by atoms with Crippen LogP contribution in [-0.2, 0) is 5.54 Å². The smallest absolute Gasteiger partial charge is 0.0758 e. The number of aliphatic hydroxyl groups excluding tert-OH is 1. The lowest BCUT2D eigenvalue weighted by atomic mass is 9.93. The highest BCUT2D eigenvalue weighted by Gasteiger charge is 2.29. The quantitative estimate of drug-likeness (QED) is 0.783. The zero-order valence-electron chi connectivity index (χ0n) is 10.9. The fraction of sp³-hybridized carbons (Fsp3) is 0.571. The van der Waals surface area contributed by atoms with Gasteiger partial charge in [0, 0.05) is 5.75 Å². The summed E-state index contributed by atoms with van der Waals surface area (Å²) in [5, 5.41) is 13.0. The van der Waals surface area contributed by atoms with Crippen molar-refractivity contribution < 1.29 is 5.11 Å². The van der Waals surface area contributed by atoms with Gasteiger partial charge in [-0.2, -0.15) is 11.8 Å². The van der Waals surface area contributed by atoms with E-state index in [0.717, 1.165) is 17.1 Å². The van der Waals surface area contributed by atoms with Crippen LogP contribution in [0.3, 0.4) is 0 Å². The summed E-state index contributed by atoms with van der Waals surface area (Å²) in [6.07, 6.45) is 0. The van der Waals surface area contributed by atoms with E-state index < -0.39 is 0 Å². The normalized spacial score (nSPS) is 14.9. The molecule has 0 saturated heterocycles. The van der Waals surface area contributed by atoms with Crippen LogP contribution in [-0.4, -0.2) is 30.3 Å². The highest BCUT2D eigenvalue weighted by atomic mass is 32.2. The average Bonchev–Trinajstić information content (AvgIpc) is 2.36. The number of hydrogen-bond acceptors (Lipinski definition) is 3. The summed E-state index contributed by atoms with van der Waals surface area (Å²) < 4.78 is 0. The maximum absolute atomic E-state index is 9.72. The standard InChI is InChI=1S/C14H23NOS/c1-12(2)9-17-11-14(10-16,15-3)13-7-5-4-6-8-13/h4-8,12,15-16H,9-11H2,1-3H3. The molecule has 0 bridgehead atoms. The van der Waals surface area contributed by atoms with E-state index in [1.54, 1.807) is 0 Å². The topological polar surface area (TPSA) is 32.3 Å². The first-order valence-electron chi connectivity index (χ1n) is 6.07. The molecule has 2 N–H and O–H groups in total. The van der Waals surface area contributed by atoms with Crippen molar-refractivity contribution in [1.82, 2.24) is 5.32 Å². The number of nitrogens with one attached hydrogen (secondary N) is 1. The molecule has 3 heteroatoms. The molecule has 0 spiro atoms. The van der Waals surface area contributed by atoms with Crippen molar-refractivity contribution in [2.24, 2.45) is 5.92 Å². The van der Waals surface area contributed by atoms with Gasteiger partial charge in [-0.15, -0.1) is 0 Å². The second-order valence-electron chi connectivity index (χ2n) is 4.77. The number of rotatable bonds is 7. The Morgan fingerprint density at radius 2 is 1.94 bits per heavy atom. The molecule has 2 nitrogen and oxygen atoms in total. The molecule has 0 saturated carbocycles. The van der Waals surface area contributed by atoms with Crippen molar-refractivity contribution in [2.75, 3.05) is 25.2 Å². The van der Waals surface area contributed by atoms with E-state index >= 15 is 0 Å². The van der Waals surface area contributed by atoms with Gasteiger partial charge in [0.15, 0.2) is 0 Å². The Morgan fingerprint density at radius 1 is 1.29 bits per heavy atom. The molecule has 0 aliphatic rings. The third kappa shape index (κ3) is 4.02. The number of likely N-dealkylation sites (N-methyl/N-ethyl adjacent to an activating group) is 1. The lowest BCUT2D eigenvalue weighted by Gasteiger charge is -2.32. The summed E-state index contributed by atoms with van der Waals surface area (Å²) in [5.74, 6) is 2.70. The molecule has 1 aromatic rings. The molecule has 96 valence electrons. The Morgan fingerprint density at radius 3 is 2.41 bits per heavy atom. The van der Waals surface area contributed by atoms with Gasteiger partial charge in [-0.1, -0.05) is 44.2 Å². The van der Waals surface area contributed by atoms with Gasteiger partial charge >= 0.3 is 0 Å². The van der Waals surface area contributed by atoms with Crippen molar-refractivity contribution in [3.05, 3.63) is 35.9 Å². The van der Waals surface area contributed by atoms with Gasteiger partial charge in [0.2, 0.25) is 0 Å². The minimum Gasteiger partial charge on any atom is -0.394 e. The Kier molecular flexibility index (Phi) is 6.03. The molecule has 17 heavy (non-hydrogen) atoms. The zero-order chi connectivity index (χ0) is 12.7. The largest absolute Gasteiger partial charge is 0.394 e. The molecular weight excluding hydrogens is 230 g/mol. The molecule has 1 atom stereocenters. The lowest BCUT2D eigenvalue weighted by Crippen LogP contribution is -2.46. The van der Waals surface area contributed by atoms with E-state index in [1.807, 2.05) is 37.0 Å². The Balaban J connectivity index is 2.75. The maximum atomic E-state index is 9.72. The molecule has 0 aliphatic carbocycles. The second kappa shape index (κ2) is 7.04. The van der Waals surface area contributed by atoms with Crippen LogP contribution < -0.4 is 5.32 Å². The average molecular weight is 253 g/mol. The van der Waals surface area contributed by atoms with Crippen LogP contribution in [0, 0.1) is 5.92 Å². The van der Waals surface area contributed by atoms with Crippen molar-refractivity contribution in [1.29, 1.82) is 0 Å². The Bertz CT molecular complexity index is 309. The van der Waals surface area contributed by atoms with Crippen LogP contribution in [0.1, 0.15) is 19.4 Å². The molecule has 1 aromatic carbocycles. The molecule has 1 rings (SSSR count). The maximum Gasteiger partial charge on any atom is 0.0758 e. The first kappa shape index (κ1) is 14.6. The molecule has 0 amide bonds. The van der Waals surface area contributed by atoms with Gasteiger partial charge in [-0.3, -0.25) is 0 Å². The van der Waals surface area contributed by atoms with Crippen LogP contribution in [0.25, 0.3) is 0 Å². The Labute approximate surface area is 109 Å². The van der Waals surface area contributed by atoms with Crippen LogP contribution in [0.15, 0.2) is 30.3 Å². The predicted molar refractivity (Wildman–Crippen MR) is 76.4 cm³/mol. The minimum absolute atomic E-state index is 0.124. The first-order valence-corrected chi connectivity index (χ1v) is 7.23. The van der Waals surface area contributed by atoms with Gasteiger partial charge in [0.1, 0.15) is 0 Å². The second-order valence-corrected chi connectivity index (χ2v) is 5.80. The molecule has 1 unspecified atom stereocenters. The Hall–Kier alpha value is -0.510. The molecule has 0 aliphatic heterocycles. The monoisotopic (exact) mass is 253 g/mol. The fourth-order valence-corrected chi connectivity index (χ4v) is 3.08. The predicted octanol–water partition coefficient (Wildman–Crippen LogP) is 2.48. The van der Waals surface area contributed by atoms with E-state index in [-0.39, 0.29) is 12.1 Å². The fourth-order valence-electron chi connectivity index (χ4n) is 1.74. The summed E-state index contributed by atoms with van der Waals surface area (Å²) in [7, 11) is 1.92. The van der Waals surface area contributed by atoms with Crippen molar-refractivity contribution in [2.45, 2.75) is 19.4 Å². The van der Waals surface area contributed by atoms with E-state index in [4.69, 9.17) is 0 Å². The third-order valence-corrected chi connectivity index (χ3v) is 4.47. The van der Waals surface area contributed by atoms with Crippen LogP contribution in [0.5, 0.6) is 0 Å². The number of benzene rings is 1. The van der Waals surface area contributed by atoms with Crippen molar-refractivity contribution in [3.8, 4) is 0 Å². The highest BCUT2D eigenvalue weighted by molar-refractivity contribution is 7.99. The van der Waals surface area contributed by atoms with Gasteiger partial charge in [0.05, 0.1) is 12.1 Å². The van der Waals surface area contributed by atoms with Crippen LogP contribution in [0.4, 0.5) is 0 Å². The van der Waals surface area contributed by atoms with Gasteiger partial charge < -0.3 is 10.4 Å². The zero-order valence-corrected chi connectivity index (χ0v) is 11.8. The van der Waals surface area contributed by atoms with E-state index in [9.17, 15) is 5.11 Å². The van der Waals surface area contributed by atoms with E-state index in [1.165, 1.54) is 0 Å².